The number of aryl methyl sites for hydroxylation is 2. The summed E-state index contributed by atoms with van der Waals surface area (Å²) in [6, 6.07) is 6.36. The van der Waals surface area contributed by atoms with Crippen molar-refractivity contribution in [1.82, 2.24) is 5.16 Å². The number of benzene rings is 1. The highest BCUT2D eigenvalue weighted by Crippen LogP contribution is 2.38. The third-order valence-corrected chi connectivity index (χ3v) is 4.13. The van der Waals surface area contributed by atoms with Crippen LogP contribution in [0.2, 0.25) is 0 Å². The zero-order valence-corrected chi connectivity index (χ0v) is 12.0. The second-order valence-corrected chi connectivity index (χ2v) is 5.49. The fourth-order valence-electron chi connectivity index (χ4n) is 2.74. The first-order valence-electron chi connectivity index (χ1n) is 7.07. The summed E-state index contributed by atoms with van der Waals surface area (Å²) >= 11 is 0. The van der Waals surface area contributed by atoms with Crippen molar-refractivity contribution >= 4 is 5.82 Å². The summed E-state index contributed by atoms with van der Waals surface area (Å²) in [5.74, 6) is 1.74. The molecule has 1 aromatic heterocycles. The molecule has 0 saturated carbocycles. The summed E-state index contributed by atoms with van der Waals surface area (Å²) in [4.78, 5) is 0. The molecule has 0 bridgehead atoms. The van der Waals surface area contributed by atoms with Crippen molar-refractivity contribution in [1.29, 1.82) is 0 Å². The van der Waals surface area contributed by atoms with Crippen LogP contribution in [0.15, 0.2) is 22.7 Å². The van der Waals surface area contributed by atoms with Gasteiger partial charge in [0.1, 0.15) is 5.76 Å². The summed E-state index contributed by atoms with van der Waals surface area (Å²) in [7, 11) is 0. The van der Waals surface area contributed by atoms with Crippen molar-refractivity contribution < 1.29 is 9.26 Å². The van der Waals surface area contributed by atoms with Gasteiger partial charge in [-0.1, -0.05) is 23.4 Å². The number of nitrogen functional groups attached to an aromatic ring is 1. The Balaban J connectivity index is 2.03. The Bertz CT molecular complexity index is 613. The molecule has 0 radical (unpaired) electrons. The number of hydrogen-bond acceptors (Lipinski definition) is 4. The van der Waals surface area contributed by atoms with Gasteiger partial charge in [-0.2, -0.15) is 0 Å². The Hall–Kier alpha value is -1.81. The average molecular weight is 272 g/mol. The molecule has 106 valence electrons. The van der Waals surface area contributed by atoms with E-state index < -0.39 is 0 Å². The molecule has 1 aliphatic heterocycles. The summed E-state index contributed by atoms with van der Waals surface area (Å²) in [5.41, 5.74) is 10.6. The van der Waals surface area contributed by atoms with Crippen molar-refractivity contribution in [3.63, 3.8) is 0 Å². The van der Waals surface area contributed by atoms with Crippen LogP contribution in [0.3, 0.4) is 0 Å². The van der Waals surface area contributed by atoms with Gasteiger partial charge in [-0.3, -0.25) is 0 Å². The molecule has 1 saturated heterocycles. The van der Waals surface area contributed by atoms with Crippen molar-refractivity contribution in [2.75, 3.05) is 18.9 Å². The van der Waals surface area contributed by atoms with Crippen LogP contribution in [0.1, 0.15) is 35.6 Å². The van der Waals surface area contributed by atoms with Crippen molar-refractivity contribution in [2.45, 2.75) is 32.6 Å². The fraction of sp³-hybridized carbons (Fsp3) is 0.438. The topological polar surface area (TPSA) is 61.3 Å². The molecular formula is C16H20N2O2. The first-order chi connectivity index (χ1) is 9.66. The Morgan fingerprint density at radius 3 is 2.60 bits per heavy atom. The van der Waals surface area contributed by atoms with Crippen LogP contribution in [0.25, 0.3) is 11.1 Å². The highest BCUT2D eigenvalue weighted by Gasteiger charge is 2.26. The third-order valence-electron chi connectivity index (χ3n) is 4.13. The van der Waals surface area contributed by atoms with E-state index in [1.807, 2.05) is 0 Å². The number of nitrogens with two attached hydrogens (primary N) is 1. The van der Waals surface area contributed by atoms with Crippen molar-refractivity contribution in [2.24, 2.45) is 0 Å². The van der Waals surface area contributed by atoms with E-state index in [1.54, 1.807) is 0 Å². The lowest BCUT2D eigenvalue weighted by atomic mass is 9.91. The minimum atomic E-state index is 0.352. The lowest BCUT2D eigenvalue weighted by Crippen LogP contribution is -2.14. The monoisotopic (exact) mass is 272 g/mol. The van der Waals surface area contributed by atoms with Gasteiger partial charge in [0.15, 0.2) is 5.82 Å². The number of rotatable bonds is 2. The van der Waals surface area contributed by atoms with Gasteiger partial charge in [0.25, 0.3) is 0 Å². The van der Waals surface area contributed by atoms with Gasteiger partial charge < -0.3 is 15.0 Å². The molecule has 0 amide bonds. The second kappa shape index (κ2) is 5.29. The van der Waals surface area contributed by atoms with Gasteiger partial charge in [0, 0.05) is 19.1 Å². The molecule has 1 aliphatic rings. The Morgan fingerprint density at radius 1 is 1.15 bits per heavy atom. The van der Waals surface area contributed by atoms with Gasteiger partial charge >= 0.3 is 0 Å². The van der Waals surface area contributed by atoms with Gasteiger partial charge in [-0.15, -0.1) is 0 Å². The van der Waals surface area contributed by atoms with Crippen LogP contribution >= 0.6 is 0 Å². The zero-order chi connectivity index (χ0) is 14.1. The highest BCUT2D eigenvalue weighted by atomic mass is 16.5. The van der Waals surface area contributed by atoms with Gasteiger partial charge in [0.2, 0.25) is 0 Å². The highest BCUT2D eigenvalue weighted by molar-refractivity contribution is 5.76. The van der Waals surface area contributed by atoms with Crippen LogP contribution in [-0.4, -0.2) is 18.4 Å². The molecule has 2 heterocycles. The van der Waals surface area contributed by atoms with Gasteiger partial charge in [0.05, 0.1) is 5.56 Å². The van der Waals surface area contributed by atoms with Gasteiger partial charge in [-0.25, -0.2) is 0 Å². The van der Waals surface area contributed by atoms with E-state index in [-0.39, 0.29) is 0 Å². The molecule has 4 heteroatoms. The molecule has 1 fully saturated rings. The Kier molecular flexibility index (Phi) is 3.49. The number of ether oxygens (including phenoxy) is 1. The molecule has 0 aliphatic carbocycles. The number of aromatic nitrogens is 1. The van der Waals surface area contributed by atoms with E-state index in [9.17, 15) is 0 Å². The molecule has 1 aromatic carbocycles. The van der Waals surface area contributed by atoms with E-state index in [0.29, 0.717) is 11.7 Å². The van der Waals surface area contributed by atoms with Crippen LogP contribution in [0.4, 0.5) is 5.82 Å². The lowest BCUT2D eigenvalue weighted by molar-refractivity contribution is 0.0792. The first kappa shape index (κ1) is 13.2. The minimum Gasteiger partial charge on any atom is -0.381 e. The molecule has 4 nitrogen and oxygen atoms in total. The molecule has 0 unspecified atom stereocenters. The van der Waals surface area contributed by atoms with Crippen molar-refractivity contribution in [3.05, 3.63) is 35.1 Å². The van der Waals surface area contributed by atoms with E-state index in [4.69, 9.17) is 15.0 Å². The van der Waals surface area contributed by atoms with Crippen LogP contribution < -0.4 is 5.73 Å². The van der Waals surface area contributed by atoms with Crippen LogP contribution in [-0.2, 0) is 4.74 Å². The number of nitrogens with zero attached hydrogens (tertiary/aromatic N) is 1. The van der Waals surface area contributed by atoms with E-state index in [0.717, 1.165) is 42.9 Å². The SMILES string of the molecule is Cc1ccc(-c2c(N)noc2C2CCOCC2)cc1C. The second-order valence-electron chi connectivity index (χ2n) is 5.49. The molecule has 0 spiro atoms. The maximum absolute atomic E-state index is 6.03. The standard InChI is InChI=1S/C16H20N2O2/c1-10-3-4-13(9-11(10)2)14-15(20-18-16(14)17)12-5-7-19-8-6-12/h3-4,9,12H,5-8H2,1-2H3,(H2,17,18). The van der Waals surface area contributed by atoms with Crippen LogP contribution in [0.5, 0.6) is 0 Å². The predicted octanol–water partition coefficient (Wildman–Crippen LogP) is 3.43. The summed E-state index contributed by atoms with van der Waals surface area (Å²) in [5, 5.41) is 3.98. The minimum absolute atomic E-state index is 0.352. The summed E-state index contributed by atoms with van der Waals surface area (Å²) < 4.78 is 10.9. The molecule has 2 aromatic rings. The largest absolute Gasteiger partial charge is 0.381 e. The smallest absolute Gasteiger partial charge is 0.175 e. The van der Waals surface area contributed by atoms with Gasteiger partial charge in [-0.05, 0) is 43.4 Å². The fourth-order valence-corrected chi connectivity index (χ4v) is 2.74. The Labute approximate surface area is 118 Å². The molecule has 2 N–H and O–H groups in total. The molecular weight excluding hydrogens is 252 g/mol. The van der Waals surface area contributed by atoms with E-state index >= 15 is 0 Å². The van der Waals surface area contributed by atoms with Crippen LogP contribution in [0, 0.1) is 13.8 Å². The maximum atomic E-state index is 6.03. The normalized spacial score (nSPS) is 16.5. The number of hydrogen-bond donors (Lipinski definition) is 1. The third kappa shape index (κ3) is 2.31. The summed E-state index contributed by atoms with van der Waals surface area (Å²) in [6.07, 6.45) is 1.93. The average Bonchev–Trinajstić information content (AvgIpc) is 2.85. The molecule has 3 rings (SSSR count). The van der Waals surface area contributed by atoms with E-state index in [1.165, 1.54) is 11.1 Å². The lowest BCUT2D eigenvalue weighted by Gasteiger charge is -2.20. The molecule has 20 heavy (non-hydrogen) atoms. The van der Waals surface area contributed by atoms with E-state index in [2.05, 4.69) is 37.2 Å². The predicted molar refractivity (Wildman–Crippen MR) is 78.6 cm³/mol. The van der Waals surface area contributed by atoms with Crippen molar-refractivity contribution in [3.8, 4) is 11.1 Å². The molecule has 0 atom stereocenters. The summed E-state index contributed by atoms with van der Waals surface area (Å²) in [6.45, 7) is 5.77. The Morgan fingerprint density at radius 2 is 1.90 bits per heavy atom. The quantitative estimate of drug-likeness (QED) is 0.909. The number of anilines is 1. The first-order valence-corrected chi connectivity index (χ1v) is 7.07. The zero-order valence-electron chi connectivity index (χ0n) is 12.0. The maximum Gasteiger partial charge on any atom is 0.175 e.